The highest BCUT2D eigenvalue weighted by atomic mass is 35.5. The fourth-order valence-electron chi connectivity index (χ4n) is 8.46. The van der Waals surface area contributed by atoms with Crippen LogP contribution in [0.3, 0.4) is 0 Å². The van der Waals surface area contributed by atoms with E-state index in [4.69, 9.17) is 22.4 Å². The summed E-state index contributed by atoms with van der Waals surface area (Å²) in [6.45, 7) is 5.48. The lowest BCUT2D eigenvalue weighted by molar-refractivity contribution is -0.120. The number of primary amides is 1. The van der Waals surface area contributed by atoms with Crippen LogP contribution >= 0.6 is 11.6 Å². The number of likely N-dealkylation sites (tertiary alicyclic amines) is 2. The van der Waals surface area contributed by atoms with Crippen molar-refractivity contribution in [3.05, 3.63) is 76.1 Å². The highest BCUT2D eigenvalue weighted by Crippen LogP contribution is 2.42. The first-order chi connectivity index (χ1) is 25.6. The first-order valence-electron chi connectivity index (χ1n) is 18.3. The molecule has 0 aliphatic carbocycles. The number of hydrogen-bond donors (Lipinski definition) is 3. The largest absolute Gasteiger partial charge is 0.385 e. The molecule has 0 saturated carbocycles. The Morgan fingerprint density at radius 1 is 0.943 bits per heavy atom. The average molecular weight is 739 g/mol. The van der Waals surface area contributed by atoms with Gasteiger partial charge in [-0.3, -0.25) is 24.6 Å². The summed E-state index contributed by atoms with van der Waals surface area (Å²) in [5.74, 6) is -0.223. The summed E-state index contributed by atoms with van der Waals surface area (Å²) in [4.78, 5) is 62.2. The number of hydrogen-bond acceptors (Lipinski definition) is 9. The number of nitrogens with two attached hydrogens (primary N) is 1. The zero-order chi connectivity index (χ0) is 36.9. The third-order valence-electron chi connectivity index (χ3n) is 11.6. The lowest BCUT2D eigenvalue weighted by Crippen LogP contribution is -2.50. The summed E-state index contributed by atoms with van der Waals surface area (Å²) < 4.78 is 1.52. The minimum Gasteiger partial charge on any atom is -0.385 e. The predicted octanol–water partition coefficient (Wildman–Crippen LogP) is 4.22. The molecule has 0 atom stereocenters. The smallest absolute Gasteiger partial charge is 0.328 e. The van der Waals surface area contributed by atoms with Crippen LogP contribution in [0.4, 0.5) is 27.7 Å². The van der Waals surface area contributed by atoms with Crippen molar-refractivity contribution < 1.29 is 19.2 Å². The normalized spacial score (nSPS) is 18.8. The molecule has 5 amide bonds. The molecule has 8 rings (SSSR count). The van der Waals surface area contributed by atoms with Gasteiger partial charge in [0, 0.05) is 63.5 Å². The number of rotatable bonds is 8. The van der Waals surface area contributed by atoms with Gasteiger partial charge in [-0.1, -0.05) is 23.7 Å². The van der Waals surface area contributed by atoms with Crippen molar-refractivity contribution in [3.63, 3.8) is 0 Å². The van der Waals surface area contributed by atoms with E-state index in [-0.39, 0.29) is 35.9 Å². The van der Waals surface area contributed by atoms with Gasteiger partial charge in [0.2, 0.25) is 5.91 Å². The highest BCUT2D eigenvalue weighted by molar-refractivity contribution is 6.34. The van der Waals surface area contributed by atoms with Crippen molar-refractivity contribution in [2.75, 3.05) is 68.0 Å². The van der Waals surface area contributed by atoms with Crippen molar-refractivity contribution >= 4 is 63.9 Å². The van der Waals surface area contributed by atoms with E-state index in [1.54, 1.807) is 18.2 Å². The van der Waals surface area contributed by atoms with Gasteiger partial charge < -0.3 is 25.8 Å². The van der Waals surface area contributed by atoms with E-state index in [9.17, 15) is 19.2 Å². The Bertz CT molecular complexity index is 2120. The minimum absolute atomic E-state index is 0.0615. The molecule has 2 aromatic carbocycles. The second kappa shape index (κ2) is 14.0. The van der Waals surface area contributed by atoms with E-state index < -0.39 is 11.9 Å². The maximum absolute atomic E-state index is 13.6. The number of nitrogens with zero attached hydrogens (tertiary/aromatic N) is 7. The van der Waals surface area contributed by atoms with Crippen molar-refractivity contribution in [3.8, 4) is 0 Å². The number of benzene rings is 2. The lowest BCUT2D eigenvalue weighted by atomic mass is 9.71. The number of carbonyl (C=O) groups is 4. The lowest BCUT2D eigenvalue weighted by Gasteiger charge is -2.47. The van der Waals surface area contributed by atoms with Crippen molar-refractivity contribution in [1.82, 2.24) is 29.7 Å². The fraction of sp³-hybridized carbons (Fsp3) is 0.421. The number of fused-ring (bicyclic) bond motifs is 2. The van der Waals surface area contributed by atoms with Crippen LogP contribution in [-0.2, 0) is 17.6 Å². The number of urea groups is 1. The van der Waals surface area contributed by atoms with Gasteiger partial charge in [0.15, 0.2) is 11.5 Å². The molecule has 1 spiro atoms. The third kappa shape index (κ3) is 6.54. The molecule has 3 fully saturated rings. The van der Waals surface area contributed by atoms with Crippen LogP contribution in [0.2, 0.25) is 5.02 Å². The Labute approximate surface area is 312 Å². The highest BCUT2D eigenvalue weighted by Gasteiger charge is 2.39. The van der Waals surface area contributed by atoms with Gasteiger partial charge in [-0.15, -0.1) is 5.10 Å². The second-order valence-corrected chi connectivity index (χ2v) is 14.9. The molecule has 4 aliphatic rings. The molecule has 0 unspecified atom stereocenters. The van der Waals surface area contributed by atoms with Crippen LogP contribution in [0, 0.1) is 5.41 Å². The number of piperidine rings is 2. The molecule has 15 heteroatoms. The van der Waals surface area contributed by atoms with Gasteiger partial charge in [-0.05, 0) is 92.4 Å². The molecular weight excluding hydrogens is 696 g/mol. The number of carbonyl (C=O) groups excluding carboxylic acids is 4. The zero-order valence-electron chi connectivity index (χ0n) is 29.7. The summed E-state index contributed by atoms with van der Waals surface area (Å²) >= 11 is 6.42. The average Bonchev–Trinajstić information content (AvgIpc) is 3.80. The van der Waals surface area contributed by atoms with Gasteiger partial charge in [0.05, 0.1) is 22.6 Å². The van der Waals surface area contributed by atoms with Gasteiger partial charge in [0.25, 0.3) is 11.8 Å². The fourth-order valence-corrected chi connectivity index (χ4v) is 8.68. The number of aromatic nitrogens is 3. The molecule has 53 heavy (non-hydrogen) atoms. The van der Waals surface area contributed by atoms with Crippen LogP contribution in [0.15, 0.2) is 48.7 Å². The van der Waals surface area contributed by atoms with Crippen LogP contribution in [0.1, 0.15) is 64.1 Å². The number of nitrogens with one attached hydrogen (secondary N) is 2. The Morgan fingerprint density at radius 3 is 2.43 bits per heavy atom. The summed E-state index contributed by atoms with van der Waals surface area (Å²) in [6, 6.07) is 13.0. The Morgan fingerprint density at radius 2 is 1.70 bits per heavy atom. The molecule has 0 bridgehead atoms. The number of amides is 5. The molecule has 6 heterocycles. The topological polar surface area (TPSA) is 162 Å². The number of halogens is 1. The predicted molar refractivity (Wildman–Crippen MR) is 202 cm³/mol. The quantitative estimate of drug-likeness (QED) is 0.240. The monoisotopic (exact) mass is 738 g/mol. The maximum Gasteiger partial charge on any atom is 0.328 e. The van der Waals surface area contributed by atoms with E-state index in [0.29, 0.717) is 35.0 Å². The number of anilines is 4. The van der Waals surface area contributed by atoms with Gasteiger partial charge in [0.1, 0.15) is 5.69 Å². The molecule has 0 radical (unpaired) electrons. The van der Waals surface area contributed by atoms with Crippen molar-refractivity contribution in [1.29, 1.82) is 0 Å². The minimum atomic E-state index is -0.575. The Hall–Kier alpha value is -5.21. The second-order valence-electron chi connectivity index (χ2n) is 14.5. The molecule has 14 nitrogen and oxygen atoms in total. The number of imide groups is 1. The summed E-state index contributed by atoms with van der Waals surface area (Å²) in [7, 11) is 1.82. The SMILES string of the molecule is CNc1cc(N2CCc3c(CCN4CCC5(CC4)CCN(C(=O)c4ccc(Cl)c(N6CCC(=O)NC6=O)c4)CC5)cccc32)nn2c(C(N)=O)cnc12. The Balaban J connectivity index is 0.867. The maximum atomic E-state index is 13.6. The summed E-state index contributed by atoms with van der Waals surface area (Å²) in [6.07, 6.45) is 7.70. The standard InChI is InChI=1S/C38H43ClN10O4/c1-41-28-22-32(44-49-31(34(40)51)23-42-35(28)49)47-15-8-26-24(3-2-4-29(26)47)7-14-45-17-10-38(11-18-45)12-19-46(20-13-38)36(52)25-5-6-27(39)30(21-25)48-16-9-33(50)43-37(48)53/h2-6,21-23,41H,7-20H2,1H3,(H2,40,51)(H,43,50,53). The molecule has 2 aromatic heterocycles. The Kier molecular flexibility index (Phi) is 9.19. The van der Waals surface area contributed by atoms with Crippen LogP contribution in [0.5, 0.6) is 0 Å². The van der Waals surface area contributed by atoms with Gasteiger partial charge in [-0.2, -0.15) is 0 Å². The van der Waals surface area contributed by atoms with E-state index in [1.165, 1.54) is 26.7 Å². The van der Waals surface area contributed by atoms with E-state index >= 15 is 0 Å². The van der Waals surface area contributed by atoms with Gasteiger partial charge >= 0.3 is 6.03 Å². The third-order valence-corrected chi connectivity index (χ3v) is 12.0. The molecule has 4 N–H and O–H groups in total. The van der Waals surface area contributed by atoms with Crippen LogP contribution in [0.25, 0.3) is 5.65 Å². The van der Waals surface area contributed by atoms with E-state index in [0.717, 1.165) is 81.9 Å². The zero-order valence-corrected chi connectivity index (χ0v) is 30.5. The van der Waals surface area contributed by atoms with Crippen molar-refractivity contribution in [2.45, 2.75) is 44.9 Å². The van der Waals surface area contributed by atoms with Crippen LogP contribution in [-0.4, -0.2) is 101 Å². The van der Waals surface area contributed by atoms with Gasteiger partial charge in [-0.25, -0.2) is 14.3 Å². The first-order valence-corrected chi connectivity index (χ1v) is 18.7. The van der Waals surface area contributed by atoms with Crippen molar-refractivity contribution in [2.24, 2.45) is 11.1 Å². The molecule has 4 aromatic rings. The molecule has 3 saturated heterocycles. The van der Waals surface area contributed by atoms with E-state index in [2.05, 4.69) is 43.6 Å². The number of imidazole rings is 1. The summed E-state index contributed by atoms with van der Waals surface area (Å²) in [5.41, 5.74) is 12.2. The molecule has 4 aliphatic heterocycles. The van der Waals surface area contributed by atoms with Crippen LogP contribution < -0.4 is 26.2 Å². The summed E-state index contributed by atoms with van der Waals surface area (Å²) in [5, 5.41) is 10.6. The first kappa shape index (κ1) is 34.9. The molecular formula is C38H43ClN10O4. The molecule has 276 valence electrons. The van der Waals surface area contributed by atoms with E-state index in [1.807, 2.05) is 18.0 Å².